The maximum Gasteiger partial charge on any atom is 0.252 e. The zero-order valence-electron chi connectivity index (χ0n) is 18.8. The topological polar surface area (TPSA) is 88.9 Å². The molecule has 2 aromatic heterocycles. The number of H-pyrrole nitrogens is 1. The Balaban J connectivity index is 1.40. The number of ether oxygens (including phenoxy) is 1. The van der Waals surface area contributed by atoms with Gasteiger partial charge in [-0.2, -0.15) is 0 Å². The number of hydrogen-bond donors (Lipinski definition) is 1. The van der Waals surface area contributed by atoms with Crippen LogP contribution < -0.4 is 5.56 Å². The summed E-state index contributed by atoms with van der Waals surface area (Å²) < 4.78 is 7.94. The van der Waals surface area contributed by atoms with E-state index in [2.05, 4.69) is 37.5 Å². The van der Waals surface area contributed by atoms with Gasteiger partial charge in [-0.15, -0.1) is 5.10 Å². The first-order chi connectivity index (χ1) is 15.7. The number of tetrazole rings is 1. The van der Waals surface area contributed by atoms with E-state index in [4.69, 9.17) is 4.74 Å². The van der Waals surface area contributed by atoms with Crippen LogP contribution in [0.1, 0.15) is 67.9 Å². The molecule has 32 heavy (non-hydrogen) atoms. The van der Waals surface area contributed by atoms with E-state index in [1.54, 1.807) is 0 Å². The number of pyridine rings is 1. The second-order valence-electron chi connectivity index (χ2n) is 9.35. The lowest BCUT2D eigenvalue weighted by atomic mass is 9.95. The van der Waals surface area contributed by atoms with Crippen molar-refractivity contribution in [2.24, 2.45) is 0 Å². The van der Waals surface area contributed by atoms with Crippen molar-refractivity contribution in [3.63, 3.8) is 0 Å². The van der Waals surface area contributed by atoms with Crippen LogP contribution in [0.15, 0.2) is 29.1 Å². The molecule has 1 saturated heterocycles. The van der Waals surface area contributed by atoms with Crippen LogP contribution in [0.3, 0.4) is 0 Å². The van der Waals surface area contributed by atoms with Gasteiger partial charge >= 0.3 is 0 Å². The van der Waals surface area contributed by atoms with Crippen molar-refractivity contribution in [2.45, 2.75) is 77.1 Å². The minimum atomic E-state index is -0.0349. The van der Waals surface area contributed by atoms with Crippen molar-refractivity contribution >= 4 is 10.9 Å². The van der Waals surface area contributed by atoms with Gasteiger partial charge in [-0.1, -0.05) is 31.4 Å². The van der Waals surface area contributed by atoms with Crippen molar-refractivity contribution in [1.82, 2.24) is 30.1 Å². The summed E-state index contributed by atoms with van der Waals surface area (Å²) in [5.41, 5.74) is 2.74. The number of aromatic nitrogens is 5. The Morgan fingerprint density at radius 2 is 2.00 bits per heavy atom. The fourth-order valence-electron chi connectivity index (χ4n) is 5.11. The van der Waals surface area contributed by atoms with Gasteiger partial charge in [0.05, 0.1) is 18.7 Å². The molecule has 3 aromatic rings. The SMILES string of the molecule is Cc1ccc2cc(CN(Cc3nnnn3C3CCCCC3)C[C@@H]3CCCO3)c(=O)[nH]c2c1. The van der Waals surface area contributed by atoms with Crippen LogP contribution in [0.5, 0.6) is 0 Å². The predicted octanol–water partition coefficient (Wildman–Crippen LogP) is 3.51. The van der Waals surface area contributed by atoms with Gasteiger partial charge in [0.2, 0.25) is 0 Å². The molecule has 0 radical (unpaired) electrons. The molecule has 0 spiro atoms. The van der Waals surface area contributed by atoms with E-state index in [9.17, 15) is 4.79 Å². The van der Waals surface area contributed by atoms with E-state index in [0.29, 0.717) is 19.1 Å². The highest BCUT2D eigenvalue weighted by molar-refractivity contribution is 5.79. The van der Waals surface area contributed by atoms with E-state index in [1.807, 2.05) is 23.7 Å². The maximum absolute atomic E-state index is 12.9. The van der Waals surface area contributed by atoms with Gasteiger partial charge in [-0.05, 0) is 66.1 Å². The second kappa shape index (κ2) is 9.50. The van der Waals surface area contributed by atoms with Gasteiger partial charge in [-0.3, -0.25) is 9.69 Å². The zero-order chi connectivity index (χ0) is 21.9. The Bertz CT molecular complexity index is 1110. The smallest absolute Gasteiger partial charge is 0.252 e. The van der Waals surface area contributed by atoms with Gasteiger partial charge in [0.15, 0.2) is 5.82 Å². The van der Waals surface area contributed by atoms with E-state index in [0.717, 1.165) is 66.7 Å². The first kappa shape index (κ1) is 21.3. The van der Waals surface area contributed by atoms with Gasteiger partial charge < -0.3 is 9.72 Å². The highest BCUT2D eigenvalue weighted by Gasteiger charge is 2.25. The molecule has 2 fully saturated rings. The standard InChI is InChI=1S/C24H32N6O2/c1-17-9-10-18-13-19(24(31)25-22(18)12-17)14-29(15-21-8-5-11-32-21)16-23-26-27-28-30(23)20-6-3-2-4-7-20/h9-10,12-13,20-21H,2-8,11,14-16H2,1H3,(H,25,31)/t21-/m0/s1. The van der Waals surface area contributed by atoms with E-state index < -0.39 is 0 Å². The van der Waals surface area contributed by atoms with Gasteiger partial charge in [-0.25, -0.2) is 4.68 Å². The average molecular weight is 437 g/mol. The van der Waals surface area contributed by atoms with E-state index >= 15 is 0 Å². The predicted molar refractivity (Wildman–Crippen MR) is 122 cm³/mol. The summed E-state index contributed by atoms with van der Waals surface area (Å²) in [6.45, 7) is 4.76. The van der Waals surface area contributed by atoms with Gasteiger partial charge in [0, 0.05) is 30.8 Å². The summed E-state index contributed by atoms with van der Waals surface area (Å²) in [5, 5.41) is 13.7. The molecular formula is C24H32N6O2. The molecule has 1 atom stereocenters. The molecule has 0 unspecified atom stereocenters. The van der Waals surface area contributed by atoms with E-state index in [1.165, 1.54) is 19.3 Å². The van der Waals surface area contributed by atoms with Crippen LogP contribution >= 0.6 is 0 Å². The van der Waals surface area contributed by atoms with Crippen LogP contribution in [0.25, 0.3) is 10.9 Å². The molecule has 5 rings (SSSR count). The molecule has 8 heteroatoms. The summed E-state index contributed by atoms with van der Waals surface area (Å²) in [6.07, 6.45) is 8.36. The Labute approximate surface area is 188 Å². The van der Waals surface area contributed by atoms with Gasteiger partial charge in [0.1, 0.15) is 0 Å². The lowest BCUT2D eigenvalue weighted by molar-refractivity contribution is 0.0659. The van der Waals surface area contributed by atoms with Crippen molar-refractivity contribution < 1.29 is 4.74 Å². The summed E-state index contributed by atoms with van der Waals surface area (Å²) in [6, 6.07) is 8.56. The number of rotatable bonds is 7. The molecule has 8 nitrogen and oxygen atoms in total. The van der Waals surface area contributed by atoms with Gasteiger partial charge in [0.25, 0.3) is 5.56 Å². The second-order valence-corrected chi connectivity index (χ2v) is 9.35. The highest BCUT2D eigenvalue weighted by atomic mass is 16.5. The number of nitrogens with one attached hydrogen (secondary N) is 1. The molecule has 1 aliphatic heterocycles. The molecule has 0 amide bonds. The molecular weight excluding hydrogens is 404 g/mol. The summed E-state index contributed by atoms with van der Waals surface area (Å²) in [5.74, 6) is 0.878. The summed E-state index contributed by atoms with van der Waals surface area (Å²) in [4.78, 5) is 18.2. The molecule has 1 aliphatic carbocycles. The molecule has 1 saturated carbocycles. The van der Waals surface area contributed by atoms with Crippen LogP contribution in [-0.2, 0) is 17.8 Å². The van der Waals surface area contributed by atoms with Crippen molar-refractivity contribution in [1.29, 1.82) is 0 Å². The fourth-order valence-corrected chi connectivity index (χ4v) is 5.11. The molecule has 170 valence electrons. The number of benzene rings is 1. The monoisotopic (exact) mass is 436 g/mol. The Morgan fingerprint density at radius 3 is 2.81 bits per heavy atom. The van der Waals surface area contributed by atoms with Crippen LogP contribution in [0.4, 0.5) is 0 Å². The molecule has 2 aliphatic rings. The quantitative estimate of drug-likeness (QED) is 0.610. The van der Waals surface area contributed by atoms with Crippen LogP contribution in [0, 0.1) is 6.92 Å². The fraction of sp³-hybridized carbons (Fsp3) is 0.583. The number of aryl methyl sites for hydroxylation is 1. The zero-order valence-corrected chi connectivity index (χ0v) is 18.8. The Hall–Kier alpha value is -2.58. The average Bonchev–Trinajstić information content (AvgIpc) is 3.47. The summed E-state index contributed by atoms with van der Waals surface area (Å²) >= 11 is 0. The molecule has 1 aromatic carbocycles. The molecule has 0 bridgehead atoms. The first-order valence-corrected chi connectivity index (χ1v) is 11.9. The van der Waals surface area contributed by atoms with Crippen molar-refractivity contribution in [3.8, 4) is 0 Å². The third kappa shape index (κ3) is 4.76. The van der Waals surface area contributed by atoms with Crippen molar-refractivity contribution in [2.75, 3.05) is 13.2 Å². The highest BCUT2D eigenvalue weighted by Crippen LogP contribution is 2.28. The summed E-state index contributed by atoms with van der Waals surface area (Å²) in [7, 11) is 0. The minimum absolute atomic E-state index is 0.0349. The normalized spacial score (nSPS) is 19.9. The number of hydrogen-bond acceptors (Lipinski definition) is 6. The third-order valence-corrected chi connectivity index (χ3v) is 6.80. The largest absolute Gasteiger partial charge is 0.377 e. The first-order valence-electron chi connectivity index (χ1n) is 11.9. The van der Waals surface area contributed by atoms with Crippen LogP contribution in [-0.4, -0.2) is 49.3 Å². The third-order valence-electron chi connectivity index (χ3n) is 6.80. The van der Waals surface area contributed by atoms with E-state index in [-0.39, 0.29) is 11.7 Å². The maximum atomic E-state index is 12.9. The minimum Gasteiger partial charge on any atom is -0.377 e. The van der Waals surface area contributed by atoms with Crippen molar-refractivity contribution in [3.05, 3.63) is 51.6 Å². The lowest BCUT2D eigenvalue weighted by Crippen LogP contribution is -2.34. The number of nitrogens with zero attached hydrogens (tertiary/aromatic N) is 5. The number of aromatic amines is 1. The Kier molecular flexibility index (Phi) is 6.32. The van der Waals surface area contributed by atoms with Crippen LogP contribution in [0.2, 0.25) is 0 Å². The molecule has 1 N–H and O–H groups in total. The Morgan fingerprint density at radius 1 is 1.12 bits per heavy atom. The molecule has 3 heterocycles. The number of fused-ring (bicyclic) bond motifs is 1. The lowest BCUT2D eigenvalue weighted by Gasteiger charge is -2.27.